The molecule has 1 atom stereocenters. The Labute approximate surface area is 128 Å². The first-order chi connectivity index (χ1) is 9.75. The minimum absolute atomic E-state index is 0.151. The summed E-state index contributed by atoms with van der Waals surface area (Å²) in [6.45, 7) is 8.47. The van der Waals surface area contributed by atoms with Crippen LogP contribution in [0.3, 0.4) is 0 Å². The molecule has 1 unspecified atom stereocenters. The van der Waals surface area contributed by atoms with Gasteiger partial charge in [0.05, 0.1) is 4.90 Å². The molecule has 21 heavy (non-hydrogen) atoms. The number of hydrogen-bond acceptors (Lipinski definition) is 3. The number of hydrogen-bond donors (Lipinski definition) is 1. The van der Waals surface area contributed by atoms with Crippen molar-refractivity contribution in [3.05, 3.63) is 29.8 Å². The standard InChI is InChI=1S/C16H26N2O2S/c1-16(2,3)14-8-9-18(12-14)21(19,20)15-7-5-6-13(10-15)11-17-4/h5-7,10,14,17H,8-9,11-12H2,1-4H3. The van der Waals surface area contributed by atoms with E-state index in [-0.39, 0.29) is 5.41 Å². The van der Waals surface area contributed by atoms with Crippen molar-refractivity contribution in [3.63, 3.8) is 0 Å². The maximum Gasteiger partial charge on any atom is 0.243 e. The average molecular weight is 310 g/mol. The SMILES string of the molecule is CNCc1cccc(S(=O)(=O)N2CCC(C(C)(C)C)C2)c1. The summed E-state index contributed by atoms with van der Waals surface area (Å²) in [5.74, 6) is 0.424. The van der Waals surface area contributed by atoms with E-state index in [4.69, 9.17) is 0 Å². The van der Waals surface area contributed by atoms with Gasteiger partial charge in [0.1, 0.15) is 0 Å². The van der Waals surface area contributed by atoms with Gasteiger partial charge in [0.2, 0.25) is 10.0 Å². The van der Waals surface area contributed by atoms with Gasteiger partial charge in [-0.3, -0.25) is 0 Å². The molecule has 0 bridgehead atoms. The van der Waals surface area contributed by atoms with E-state index in [1.54, 1.807) is 16.4 Å². The normalized spacial score (nSPS) is 20.9. The second-order valence-electron chi connectivity index (χ2n) is 6.89. The molecule has 0 amide bonds. The minimum atomic E-state index is -3.37. The van der Waals surface area contributed by atoms with Crippen molar-refractivity contribution in [2.45, 2.75) is 38.6 Å². The van der Waals surface area contributed by atoms with E-state index >= 15 is 0 Å². The lowest BCUT2D eigenvalue weighted by molar-refractivity contribution is 0.252. The first-order valence-corrected chi connectivity index (χ1v) is 8.93. The zero-order chi connectivity index (χ0) is 15.7. The summed E-state index contributed by atoms with van der Waals surface area (Å²) in [6.07, 6.45) is 0.943. The van der Waals surface area contributed by atoms with Crippen molar-refractivity contribution in [3.8, 4) is 0 Å². The summed E-state index contributed by atoms with van der Waals surface area (Å²) in [4.78, 5) is 0.407. The van der Waals surface area contributed by atoms with Crippen molar-refractivity contribution in [2.75, 3.05) is 20.1 Å². The molecule has 0 radical (unpaired) electrons. The Morgan fingerprint density at radius 1 is 1.33 bits per heavy atom. The molecule has 0 spiro atoms. The van der Waals surface area contributed by atoms with Gasteiger partial charge in [0, 0.05) is 19.6 Å². The number of rotatable bonds is 4. The molecule has 1 aliphatic heterocycles. The largest absolute Gasteiger partial charge is 0.316 e. The highest BCUT2D eigenvalue weighted by Gasteiger charge is 2.37. The van der Waals surface area contributed by atoms with E-state index in [9.17, 15) is 8.42 Å². The highest BCUT2D eigenvalue weighted by Crippen LogP contribution is 2.35. The summed E-state index contributed by atoms with van der Waals surface area (Å²) in [5.41, 5.74) is 1.14. The molecule has 1 heterocycles. The van der Waals surface area contributed by atoms with Gasteiger partial charge in [-0.25, -0.2) is 8.42 Å². The summed E-state index contributed by atoms with van der Waals surface area (Å²) in [6, 6.07) is 7.23. The van der Waals surface area contributed by atoms with Crippen LogP contribution >= 0.6 is 0 Å². The van der Waals surface area contributed by atoms with Gasteiger partial charge in [-0.2, -0.15) is 4.31 Å². The Morgan fingerprint density at radius 2 is 2.05 bits per heavy atom. The van der Waals surface area contributed by atoms with Gasteiger partial charge in [0.15, 0.2) is 0 Å². The van der Waals surface area contributed by atoms with Crippen LogP contribution in [0, 0.1) is 11.3 Å². The lowest BCUT2D eigenvalue weighted by Crippen LogP contribution is -2.31. The lowest BCUT2D eigenvalue weighted by Gasteiger charge is -2.26. The fourth-order valence-corrected chi connectivity index (χ4v) is 4.39. The van der Waals surface area contributed by atoms with E-state index in [1.807, 2.05) is 19.2 Å². The molecule has 1 aromatic rings. The van der Waals surface area contributed by atoms with Crippen molar-refractivity contribution in [1.82, 2.24) is 9.62 Å². The summed E-state index contributed by atoms with van der Waals surface area (Å²) >= 11 is 0. The number of nitrogens with one attached hydrogen (secondary N) is 1. The van der Waals surface area contributed by atoms with Crippen LogP contribution < -0.4 is 5.32 Å². The summed E-state index contributed by atoms with van der Waals surface area (Å²) in [5, 5.41) is 3.05. The Hall–Kier alpha value is -0.910. The molecular formula is C16H26N2O2S. The van der Waals surface area contributed by atoms with Crippen LogP contribution in [-0.2, 0) is 16.6 Å². The molecule has 118 valence electrons. The van der Waals surface area contributed by atoms with Crippen LogP contribution in [-0.4, -0.2) is 32.9 Å². The first kappa shape index (κ1) is 16.5. The van der Waals surface area contributed by atoms with Gasteiger partial charge in [-0.1, -0.05) is 32.9 Å². The van der Waals surface area contributed by atoms with Crippen molar-refractivity contribution >= 4 is 10.0 Å². The van der Waals surface area contributed by atoms with Crippen molar-refractivity contribution in [2.24, 2.45) is 11.3 Å². The predicted molar refractivity (Wildman–Crippen MR) is 85.5 cm³/mol. The number of benzene rings is 1. The molecule has 1 aromatic carbocycles. The molecule has 4 nitrogen and oxygen atoms in total. The Bertz CT molecular complexity index is 591. The highest BCUT2D eigenvalue weighted by molar-refractivity contribution is 7.89. The highest BCUT2D eigenvalue weighted by atomic mass is 32.2. The van der Waals surface area contributed by atoms with Crippen LogP contribution in [0.4, 0.5) is 0 Å². The van der Waals surface area contributed by atoms with Crippen LogP contribution in [0.15, 0.2) is 29.2 Å². The van der Waals surface area contributed by atoms with Crippen LogP contribution in [0.5, 0.6) is 0 Å². The molecular weight excluding hydrogens is 284 g/mol. The average Bonchev–Trinajstić information content (AvgIpc) is 2.89. The topological polar surface area (TPSA) is 49.4 Å². The fourth-order valence-electron chi connectivity index (χ4n) is 2.82. The molecule has 1 saturated heterocycles. The Kier molecular flexibility index (Phi) is 4.76. The fraction of sp³-hybridized carbons (Fsp3) is 0.625. The van der Waals surface area contributed by atoms with Crippen LogP contribution in [0.2, 0.25) is 0 Å². The monoisotopic (exact) mass is 310 g/mol. The maximum absolute atomic E-state index is 12.8. The van der Waals surface area contributed by atoms with E-state index in [0.717, 1.165) is 12.0 Å². The van der Waals surface area contributed by atoms with Gasteiger partial charge < -0.3 is 5.32 Å². The Morgan fingerprint density at radius 3 is 2.62 bits per heavy atom. The number of sulfonamides is 1. The van der Waals surface area contributed by atoms with Gasteiger partial charge >= 0.3 is 0 Å². The summed E-state index contributed by atoms with van der Waals surface area (Å²) in [7, 11) is -1.51. The van der Waals surface area contributed by atoms with Gasteiger partial charge in [-0.05, 0) is 42.5 Å². The molecule has 1 N–H and O–H groups in total. The molecule has 2 rings (SSSR count). The minimum Gasteiger partial charge on any atom is -0.316 e. The first-order valence-electron chi connectivity index (χ1n) is 7.49. The van der Waals surface area contributed by atoms with Crippen LogP contribution in [0.25, 0.3) is 0 Å². The van der Waals surface area contributed by atoms with E-state index in [0.29, 0.717) is 30.4 Å². The molecule has 5 heteroatoms. The molecule has 1 aliphatic rings. The van der Waals surface area contributed by atoms with Crippen LogP contribution in [0.1, 0.15) is 32.8 Å². The van der Waals surface area contributed by atoms with Gasteiger partial charge in [0.25, 0.3) is 0 Å². The zero-order valence-electron chi connectivity index (χ0n) is 13.4. The van der Waals surface area contributed by atoms with E-state index < -0.39 is 10.0 Å². The zero-order valence-corrected chi connectivity index (χ0v) is 14.2. The van der Waals surface area contributed by atoms with E-state index in [1.165, 1.54) is 0 Å². The quantitative estimate of drug-likeness (QED) is 0.929. The Balaban J connectivity index is 2.21. The molecule has 0 saturated carbocycles. The third-order valence-corrected chi connectivity index (χ3v) is 6.15. The molecule has 0 aliphatic carbocycles. The predicted octanol–water partition coefficient (Wildman–Crippen LogP) is 2.46. The van der Waals surface area contributed by atoms with E-state index in [2.05, 4.69) is 26.1 Å². The smallest absolute Gasteiger partial charge is 0.243 e. The molecule has 1 fully saturated rings. The molecule has 0 aromatic heterocycles. The second-order valence-corrected chi connectivity index (χ2v) is 8.83. The third-order valence-electron chi connectivity index (χ3n) is 4.29. The maximum atomic E-state index is 12.8. The second kappa shape index (κ2) is 6.07. The number of nitrogens with zero attached hydrogens (tertiary/aromatic N) is 1. The third kappa shape index (κ3) is 3.65. The lowest BCUT2D eigenvalue weighted by atomic mass is 9.80. The van der Waals surface area contributed by atoms with Gasteiger partial charge in [-0.15, -0.1) is 0 Å². The van der Waals surface area contributed by atoms with Crippen molar-refractivity contribution < 1.29 is 8.42 Å². The summed E-state index contributed by atoms with van der Waals surface area (Å²) < 4.78 is 27.2. The van der Waals surface area contributed by atoms with Crippen molar-refractivity contribution in [1.29, 1.82) is 0 Å².